The van der Waals surface area contributed by atoms with E-state index in [1.165, 1.54) is 12.8 Å². The zero-order valence-corrected chi connectivity index (χ0v) is 9.33. The van der Waals surface area contributed by atoms with Gasteiger partial charge in [0.05, 0.1) is 0 Å². The van der Waals surface area contributed by atoms with Gasteiger partial charge in [0.1, 0.15) is 0 Å². The molecule has 2 rings (SSSR count). The maximum atomic E-state index is 5.32. The standard InChI is InChI=1S/C11H19N3O/c1-2-4-10-13-11(15-14-10)9-5-3-7-12-8-6-9/h9,12H,2-8H2,1H3/t9-/m1/s1. The van der Waals surface area contributed by atoms with Crippen molar-refractivity contribution in [3.63, 3.8) is 0 Å². The first-order valence-electron chi connectivity index (χ1n) is 5.93. The van der Waals surface area contributed by atoms with Crippen molar-refractivity contribution in [3.8, 4) is 0 Å². The summed E-state index contributed by atoms with van der Waals surface area (Å²) < 4.78 is 5.32. The first kappa shape index (κ1) is 10.6. The highest BCUT2D eigenvalue weighted by molar-refractivity contribution is 4.95. The van der Waals surface area contributed by atoms with Crippen LogP contribution in [-0.2, 0) is 6.42 Å². The minimum absolute atomic E-state index is 0.470. The summed E-state index contributed by atoms with van der Waals surface area (Å²) in [4.78, 5) is 4.46. The summed E-state index contributed by atoms with van der Waals surface area (Å²) >= 11 is 0. The summed E-state index contributed by atoms with van der Waals surface area (Å²) in [5.74, 6) is 2.19. The second-order valence-electron chi connectivity index (χ2n) is 4.18. The lowest BCUT2D eigenvalue weighted by Gasteiger charge is -2.06. The molecule has 15 heavy (non-hydrogen) atoms. The number of aryl methyl sites for hydroxylation is 1. The highest BCUT2D eigenvalue weighted by atomic mass is 16.5. The van der Waals surface area contributed by atoms with Gasteiger partial charge in [0.25, 0.3) is 0 Å². The summed E-state index contributed by atoms with van der Waals surface area (Å²) in [6, 6.07) is 0. The fraction of sp³-hybridized carbons (Fsp3) is 0.818. The summed E-state index contributed by atoms with van der Waals surface area (Å²) in [5.41, 5.74) is 0. The van der Waals surface area contributed by atoms with E-state index >= 15 is 0 Å². The quantitative estimate of drug-likeness (QED) is 0.825. The molecule has 1 saturated heterocycles. The van der Waals surface area contributed by atoms with Crippen LogP contribution in [0.4, 0.5) is 0 Å². The van der Waals surface area contributed by atoms with Gasteiger partial charge in [-0.25, -0.2) is 0 Å². The average molecular weight is 209 g/mol. The van der Waals surface area contributed by atoms with Crippen LogP contribution >= 0.6 is 0 Å². The van der Waals surface area contributed by atoms with Gasteiger partial charge in [-0.05, 0) is 38.8 Å². The van der Waals surface area contributed by atoms with Crippen LogP contribution in [0.15, 0.2) is 4.52 Å². The van der Waals surface area contributed by atoms with E-state index in [0.29, 0.717) is 5.92 Å². The van der Waals surface area contributed by atoms with Crippen LogP contribution in [0.2, 0.25) is 0 Å². The van der Waals surface area contributed by atoms with Gasteiger partial charge >= 0.3 is 0 Å². The molecule has 1 aromatic heterocycles. The minimum atomic E-state index is 0.470. The molecule has 0 saturated carbocycles. The van der Waals surface area contributed by atoms with Crippen molar-refractivity contribution in [2.75, 3.05) is 13.1 Å². The van der Waals surface area contributed by atoms with Crippen molar-refractivity contribution in [1.29, 1.82) is 0 Å². The van der Waals surface area contributed by atoms with Crippen LogP contribution in [0.3, 0.4) is 0 Å². The number of aromatic nitrogens is 2. The molecule has 1 fully saturated rings. The third-order valence-electron chi connectivity index (χ3n) is 2.88. The normalized spacial score (nSPS) is 22.6. The molecular weight excluding hydrogens is 190 g/mol. The molecule has 0 radical (unpaired) electrons. The van der Waals surface area contributed by atoms with Crippen LogP contribution in [-0.4, -0.2) is 23.2 Å². The number of nitrogens with zero attached hydrogens (tertiary/aromatic N) is 2. The summed E-state index contributed by atoms with van der Waals surface area (Å²) in [6.45, 7) is 4.31. The Morgan fingerprint density at radius 1 is 1.40 bits per heavy atom. The monoisotopic (exact) mass is 209 g/mol. The molecule has 1 aliphatic heterocycles. The number of rotatable bonds is 3. The van der Waals surface area contributed by atoms with E-state index in [9.17, 15) is 0 Å². The molecule has 0 bridgehead atoms. The van der Waals surface area contributed by atoms with Gasteiger partial charge in [-0.15, -0.1) is 0 Å². The Morgan fingerprint density at radius 3 is 3.20 bits per heavy atom. The maximum Gasteiger partial charge on any atom is 0.229 e. The van der Waals surface area contributed by atoms with Crippen molar-refractivity contribution in [3.05, 3.63) is 11.7 Å². The van der Waals surface area contributed by atoms with Gasteiger partial charge in [-0.2, -0.15) is 4.98 Å². The lowest BCUT2D eigenvalue weighted by Crippen LogP contribution is -2.13. The second kappa shape index (κ2) is 5.26. The van der Waals surface area contributed by atoms with Crippen molar-refractivity contribution < 1.29 is 4.52 Å². The minimum Gasteiger partial charge on any atom is -0.339 e. The molecule has 84 valence electrons. The Morgan fingerprint density at radius 2 is 2.33 bits per heavy atom. The van der Waals surface area contributed by atoms with Gasteiger partial charge in [0, 0.05) is 12.3 Å². The van der Waals surface area contributed by atoms with Gasteiger partial charge in [-0.1, -0.05) is 12.1 Å². The summed E-state index contributed by atoms with van der Waals surface area (Å²) in [6.07, 6.45) is 5.49. The third kappa shape index (κ3) is 2.78. The highest BCUT2D eigenvalue weighted by Crippen LogP contribution is 2.24. The van der Waals surface area contributed by atoms with E-state index in [2.05, 4.69) is 22.4 Å². The van der Waals surface area contributed by atoms with Crippen molar-refractivity contribution >= 4 is 0 Å². The van der Waals surface area contributed by atoms with E-state index < -0.39 is 0 Å². The molecule has 1 N–H and O–H groups in total. The molecule has 1 aromatic rings. The lowest BCUT2D eigenvalue weighted by molar-refractivity contribution is 0.339. The van der Waals surface area contributed by atoms with E-state index in [-0.39, 0.29) is 0 Å². The first-order valence-corrected chi connectivity index (χ1v) is 5.93. The molecule has 4 nitrogen and oxygen atoms in total. The van der Waals surface area contributed by atoms with Crippen molar-refractivity contribution in [2.45, 2.75) is 44.9 Å². The van der Waals surface area contributed by atoms with Gasteiger partial charge in [0.2, 0.25) is 5.89 Å². The Hall–Kier alpha value is -0.900. The predicted molar refractivity (Wildman–Crippen MR) is 57.8 cm³/mol. The Bertz CT molecular complexity index is 290. The second-order valence-corrected chi connectivity index (χ2v) is 4.18. The van der Waals surface area contributed by atoms with Crippen molar-refractivity contribution in [1.82, 2.24) is 15.5 Å². The maximum absolute atomic E-state index is 5.32. The third-order valence-corrected chi connectivity index (χ3v) is 2.88. The number of hydrogen-bond acceptors (Lipinski definition) is 4. The molecule has 0 aliphatic carbocycles. The van der Waals surface area contributed by atoms with Crippen LogP contribution < -0.4 is 5.32 Å². The topological polar surface area (TPSA) is 51.0 Å². The molecule has 1 aliphatic rings. The van der Waals surface area contributed by atoms with Crippen LogP contribution in [0.25, 0.3) is 0 Å². The molecule has 0 spiro atoms. The van der Waals surface area contributed by atoms with Gasteiger partial charge in [0.15, 0.2) is 5.82 Å². The summed E-state index contributed by atoms with van der Waals surface area (Å²) in [5, 5.41) is 7.39. The zero-order chi connectivity index (χ0) is 10.5. The van der Waals surface area contributed by atoms with E-state index in [1.807, 2.05) is 0 Å². The highest BCUT2D eigenvalue weighted by Gasteiger charge is 2.19. The van der Waals surface area contributed by atoms with Crippen LogP contribution in [0, 0.1) is 0 Å². The first-order chi connectivity index (χ1) is 7.40. The summed E-state index contributed by atoms with van der Waals surface area (Å²) in [7, 11) is 0. The molecule has 2 heterocycles. The van der Waals surface area contributed by atoms with E-state index in [1.54, 1.807) is 0 Å². The van der Waals surface area contributed by atoms with Crippen LogP contribution in [0.1, 0.15) is 50.2 Å². The molecule has 0 unspecified atom stereocenters. The molecular formula is C11H19N3O. The molecule has 0 amide bonds. The molecule has 0 aromatic carbocycles. The molecule has 4 heteroatoms. The fourth-order valence-corrected chi connectivity index (χ4v) is 2.02. The number of hydrogen-bond donors (Lipinski definition) is 1. The van der Waals surface area contributed by atoms with E-state index in [0.717, 1.165) is 44.1 Å². The van der Waals surface area contributed by atoms with Crippen LogP contribution in [0.5, 0.6) is 0 Å². The molecule has 1 atom stereocenters. The van der Waals surface area contributed by atoms with E-state index in [4.69, 9.17) is 4.52 Å². The zero-order valence-electron chi connectivity index (χ0n) is 9.33. The van der Waals surface area contributed by atoms with Gasteiger partial charge < -0.3 is 9.84 Å². The predicted octanol–water partition coefficient (Wildman–Crippen LogP) is 1.88. The van der Waals surface area contributed by atoms with Crippen molar-refractivity contribution in [2.24, 2.45) is 0 Å². The SMILES string of the molecule is CCCc1noc([C@@H]2CCCNCC2)n1. The average Bonchev–Trinajstić information content (AvgIpc) is 2.53. The Kier molecular flexibility index (Phi) is 3.72. The fourth-order valence-electron chi connectivity index (χ4n) is 2.02. The Balaban J connectivity index is 2.00. The Labute approximate surface area is 90.4 Å². The lowest BCUT2D eigenvalue weighted by atomic mass is 10.0. The largest absolute Gasteiger partial charge is 0.339 e. The smallest absolute Gasteiger partial charge is 0.229 e. The van der Waals surface area contributed by atoms with Gasteiger partial charge in [-0.3, -0.25) is 0 Å². The number of nitrogens with one attached hydrogen (secondary N) is 1.